The third kappa shape index (κ3) is 5.60. The van der Waals surface area contributed by atoms with Gasteiger partial charge in [0.15, 0.2) is 0 Å². The van der Waals surface area contributed by atoms with Gasteiger partial charge in [0.2, 0.25) is 0 Å². The molecule has 8 heteroatoms. The minimum Gasteiger partial charge on any atom is -0.497 e. The summed E-state index contributed by atoms with van der Waals surface area (Å²) in [6, 6.07) is 17.6. The fourth-order valence-corrected chi connectivity index (χ4v) is 3.69. The van der Waals surface area contributed by atoms with Gasteiger partial charge in [-0.2, -0.15) is 0 Å². The van der Waals surface area contributed by atoms with E-state index in [2.05, 4.69) is 10.6 Å². The van der Waals surface area contributed by atoms with Crippen molar-refractivity contribution in [2.75, 3.05) is 37.6 Å². The summed E-state index contributed by atoms with van der Waals surface area (Å²) < 4.78 is 22.4. The Hall–Kier alpha value is -4.46. The van der Waals surface area contributed by atoms with E-state index in [1.807, 2.05) is 38.1 Å². The van der Waals surface area contributed by atoms with Crippen LogP contribution in [-0.2, 0) is 4.79 Å². The molecule has 3 aromatic carbocycles. The molecular formula is C28H28N2O6. The van der Waals surface area contributed by atoms with E-state index in [1.54, 1.807) is 49.6 Å². The van der Waals surface area contributed by atoms with Crippen molar-refractivity contribution in [3.8, 4) is 23.0 Å². The normalized spacial score (nSPS) is 11.9. The van der Waals surface area contributed by atoms with Gasteiger partial charge in [-0.25, -0.2) is 0 Å². The molecule has 186 valence electrons. The Morgan fingerprint density at radius 2 is 1.47 bits per heavy atom. The Kier molecular flexibility index (Phi) is 7.75. The third-order valence-electron chi connectivity index (χ3n) is 5.45. The number of anilines is 2. The standard InChI is InChI=1S/C28H28N2O6/c1-4-34-25-16-23(30-28(32)20-14-19-8-6-7-9-24(19)36-17-20)26(35-5-2)15-22(25)29-27(31)18-10-12-21(33-3)13-11-18/h6-16H,4-5,17H2,1-3H3,(H,29,31)(H,30,32). The van der Waals surface area contributed by atoms with Crippen LogP contribution in [0, 0.1) is 0 Å². The maximum Gasteiger partial charge on any atom is 0.255 e. The highest BCUT2D eigenvalue weighted by atomic mass is 16.5. The van der Waals surface area contributed by atoms with Gasteiger partial charge >= 0.3 is 0 Å². The van der Waals surface area contributed by atoms with E-state index < -0.39 is 0 Å². The number of amides is 2. The average Bonchev–Trinajstić information content (AvgIpc) is 2.90. The lowest BCUT2D eigenvalue weighted by Gasteiger charge is -2.20. The maximum atomic E-state index is 13.1. The van der Waals surface area contributed by atoms with Gasteiger partial charge in [0.1, 0.15) is 29.6 Å². The Bertz CT molecular complexity index is 1280. The van der Waals surface area contributed by atoms with E-state index in [0.29, 0.717) is 53.0 Å². The molecule has 1 aliphatic heterocycles. The molecule has 2 amide bonds. The Morgan fingerprint density at radius 1 is 0.861 bits per heavy atom. The number of carbonyl (C=O) groups excluding carboxylic acids is 2. The van der Waals surface area contributed by atoms with Crippen LogP contribution in [0.1, 0.15) is 29.8 Å². The summed E-state index contributed by atoms with van der Waals surface area (Å²) >= 11 is 0. The number of ether oxygens (including phenoxy) is 4. The monoisotopic (exact) mass is 488 g/mol. The van der Waals surface area contributed by atoms with Crippen molar-refractivity contribution in [1.29, 1.82) is 0 Å². The summed E-state index contributed by atoms with van der Waals surface area (Å²) in [5.41, 5.74) is 2.62. The lowest BCUT2D eigenvalue weighted by molar-refractivity contribution is -0.113. The number of carbonyl (C=O) groups is 2. The van der Waals surface area contributed by atoms with E-state index in [4.69, 9.17) is 18.9 Å². The highest BCUT2D eigenvalue weighted by Crippen LogP contribution is 2.38. The topological polar surface area (TPSA) is 95.1 Å². The SMILES string of the molecule is CCOc1cc(NC(=O)c2ccc(OC)cc2)c(OCC)cc1NC(=O)C1=Cc2ccccc2OC1. The molecule has 3 aromatic rings. The number of fused-ring (bicyclic) bond motifs is 1. The number of methoxy groups -OCH3 is 1. The molecule has 0 aliphatic carbocycles. The predicted molar refractivity (Wildman–Crippen MR) is 138 cm³/mol. The van der Waals surface area contributed by atoms with Crippen molar-refractivity contribution in [3.05, 3.63) is 77.4 Å². The van der Waals surface area contributed by atoms with Gasteiger partial charge in [0.25, 0.3) is 11.8 Å². The van der Waals surface area contributed by atoms with Crippen LogP contribution < -0.4 is 29.6 Å². The number of nitrogens with one attached hydrogen (secondary N) is 2. The van der Waals surface area contributed by atoms with Gasteiger partial charge in [-0.3, -0.25) is 9.59 Å². The summed E-state index contributed by atoms with van der Waals surface area (Å²) in [4.78, 5) is 25.9. The van der Waals surface area contributed by atoms with Gasteiger partial charge in [-0.15, -0.1) is 0 Å². The lowest BCUT2D eigenvalue weighted by atomic mass is 10.1. The second-order valence-electron chi connectivity index (χ2n) is 7.84. The molecule has 1 aliphatic rings. The minimum atomic E-state index is -0.319. The van der Waals surface area contributed by atoms with Gasteiger partial charge in [-0.1, -0.05) is 18.2 Å². The summed E-state index contributed by atoms with van der Waals surface area (Å²) in [6.45, 7) is 4.56. The molecule has 0 bridgehead atoms. The highest BCUT2D eigenvalue weighted by Gasteiger charge is 2.21. The Morgan fingerprint density at radius 3 is 2.08 bits per heavy atom. The molecule has 8 nitrogen and oxygen atoms in total. The lowest BCUT2D eigenvalue weighted by Crippen LogP contribution is -2.22. The van der Waals surface area contributed by atoms with Gasteiger partial charge in [0.05, 0.1) is 37.3 Å². The molecule has 4 rings (SSSR count). The van der Waals surface area contributed by atoms with Gasteiger partial charge in [0, 0.05) is 23.3 Å². The van der Waals surface area contributed by atoms with Gasteiger partial charge < -0.3 is 29.6 Å². The third-order valence-corrected chi connectivity index (χ3v) is 5.45. The van der Waals surface area contributed by atoms with E-state index in [0.717, 1.165) is 11.3 Å². The summed E-state index contributed by atoms with van der Waals surface area (Å²) in [5, 5.41) is 5.77. The number of hydrogen-bond donors (Lipinski definition) is 2. The number of rotatable bonds is 9. The molecule has 0 fully saturated rings. The molecule has 36 heavy (non-hydrogen) atoms. The van der Waals surface area contributed by atoms with E-state index >= 15 is 0 Å². The van der Waals surface area contributed by atoms with Crippen molar-refractivity contribution in [3.63, 3.8) is 0 Å². The van der Waals surface area contributed by atoms with Crippen LogP contribution in [0.15, 0.2) is 66.2 Å². The van der Waals surface area contributed by atoms with Crippen molar-refractivity contribution in [2.24, 2.45) is 0 Å². The first-order chi connectivity index (χ1) is 17.5. The number of para-hydroxylation sites is 1. The van der Waals surface area contributed by atoms with Crippen molar-refractivity contribution in [1.82, 2.24) is 0 Å². The molecule has 1 heterocycles. The second-order valence-corrected chi connectivity index (χ2v) is 7.84. The predicted octanol–water partition coefficient (Wildman–Crippen LogP) is 5.16. The first kappa shape index (κ1) is 24.7. The van der Waals surface area contributed by atoms with Crippen LogP contribution in [0.4, 0.5) is 11.4 Å². The molecule has 0 saturated heterocycles. The molecular weight excluding hydrogens is 460 g/mol. The van der Waals surface area contributed by atoms with Crippen molar-refractivity contribution >= 4 is 29.3 Å². The van der Waals surface area contributed by atoms with Gasteiger partial charge in [-0.05, 0) is 50.3 Å². The Labute approximate surface area is 209 Å². The fraction of sp³-hybridized carbons (Fsp3) is 0.214. The molecule has 0 radical (unpaired) electrons. The second kappa shape index (κ2) is 11.3. The summed E-state index contributed by atoms with van der Waals surface area (Å²) in [5.74, 6) is 1.56. The largest absolute Gasteiger partial charge is 0.497 e. The first-order valence-electron chi connectivity index (χ1n) is 11.6. The zero-order valence-corrected chi connectivity index (χ0v) is 20.4. The molecule has 0 atom stereocenters. The molecule has 0 saturated carbocycles. The fourth-order valence-electron chi connectivity index (χ4n) is 3.69. The van der Waals surface area contributed by atoms with E-state index in [1.165, 1.54) is 0 Å². The maximum absolute atomic E-state index is 13.1. The Balaban J connectivity index is 1.60. The van der Waals surface area contributed by atoms with Crippen LogP contribution in [-0.4, -0.2) is 38.7 Å². The molecule has 0 spiro atoms. The highest BCUT2D eigenvalue weighted by molar-refractivity contribution is 6.09. The van der Waals surface area contributed by atoms with Crippen LogP contribution in [0.2, 0.25) is 0 Å². The molecule has 0 aromatic heterocycles. The zero-order chi connectivity index (χ0) is 25.5. The zero-order valence-electron chi connectivity index (χ0n) is 20.4. The van der Waals surface area contributed by atoms with Crippen LogP contribution >= 0.6 is 0 Å². The van der Waals surface area contributed by atoms with Crippen LogP contribution in [0.5, 0.6) is 23.0 Å². The van der Waals surface area contributed by atoms with E-state index in [-0.39, 0.29) is 18.4 Å². The summed E-state index contributed by atoms with van der Waals surface area (Å²) in [7, 11) is 1.57. The van der Waals surface area contributed by atoms with Crippen molar-refractivity contribution in [2.45, 2.75) is 13.8 Å². The van der Waals surface area contributed by atoms with Crippen molar-refractivity contribution < 1.29 is 28.5 Å². The first-order valence-corrected chi connectivity index (χ1v) is 11.6. The quantitative estimate of drug-likeness (QED) is 0.432. The molecule has 0 unspecified atom stereocenters. The number of hydrogen-bond acceptors (Lipinski definition) is 6. The average molecular weight is 489 g/mol. The van der Waals surface area contributed by atoms with Crippen LogP contribution in [0.25, 0.3) is 6.08 Å². The smallest absolute Gasteiger partial charge is 0.255 e. The minimum absolute atomic E-state index is 0.154. The van der Waals surface area contributed by atoms with E-state index in [9.17, 15) is 9.59 Å². The number of benzene rings is 3. The van der Waals surface area contributed by atoms with Crippen LogP contribution in [0.3, 0.4) is 0 Å². The summed E-state index contributed by atoms with van der Waals surface area (Å²) in [6.07, 6.45) is 1.81. The molecule has 2 N–H and O–H groups in total.